The number of carbonyl (C=O) groups is 1. The molecule has 7 heteroatoms. The van der Waals surface area contributed by atoms with E-state index in [9.17, 15) is 14.0 Å². The molecule has 0 saturated carbocycles. The van der Waals surface area contributed by atoms with Crippen molar-refractivity contribution in [2.75, 3.05) is 13.7 Å². The highest BCUT2D eigenvalue weighted by atomic mass is 19.1. The minimum absolute atomic E-state index is 0.156. The van der Waals surface area contributed by atoms with Crippen molar-refractivity contribution in [3.05, 3.63) is 93.7 Å². The molecule has 0 radical (unpaired) electrons. The first-order chi connectivity index (χ1) is 14.5. The van der Waals surface area contributed by atoms with Crippen LogP contribution in [0.3, 0.4) is 0 Å². The Morgan fingerprint density at radius 3 is 2.60 bits per heavy atom. The highest BCUT2D eigenvalue weighted by Gasteiger charge is 2.13. The van der Waals surface area contributed by atoms with Gasteiger partial charge in [0.2, 0.25) is 5.43 Å². The number of pyridine rings is 1. The van der Waals surface area contributed by atoms with E-state index in [0.29, 0.717) is 18.7 Å². The smallest absolute Gasteiger partial charge is 0.268 e. The van der Waals surface area contributed by atoms with Crippen LogP contribution < -0.4 is 20.2 Å². The Morgan fingerprint density at radius 2 is 1.87 bits per heavy atom. The molecule has 156 valence electrons. The Bertz CT molecular complexity index is 1080. The first-order valence-electron chi connectivity index (χ1n) is 9.45. The molecular formula is C23H23FN2O4. The van der Waals surface area contributed by atoms with E-state index in [4.69, 9.17) is 9.47 Å². The molecule has 3 aromatic rings. The molecule has 0 aliphatic rings. The zero-order valence-electron chi connectivity index (χ0n) is 16.9. The Labute approximate surface area is 173 Å². The van der Waals surface area contributed by atoms with Crippen LogP contribution in [0.1, 0.15) is 21.6 Å². The molecule has 0 atom stereocenters. The van der Waals surface area contributed by atoms with E-state index in [1.165, 1.54) is 24.4 Å². The summed E-state index contributed by atoms with van der Waals surface area (Å²) in [5.74, 6) is 0.197. The summed E-state index contributed by atoms with van der Waals surface area (Å²) in [7, 11) is 3.26. The molecule has 0 aliphatic heterocycles. The van der Waals surface area contributed by atoms with Crippen LogP contribution in [0.4, 0.5) is 4.39 Å². The third-order valence-electron chi connectivity index (χ3n) is 4.58. The molecule has 0 spiro atoms. The van der Waals surface area contributed by atoms with E-state index in [0.717, 1.165) is 11.1 Å². The molecule has 3 rings (SSSR count). The lowest BCUT2D eigenvalue weighted by molar-refractivity contribution is 0.0945. The number of nitrogens with zero attached hydrogens (tertiary/aromatic N) is 1. The van der Waals surface area contributed by atoms with Crippen LogP contribution in [0.5, 0.6) is 11.5 Å². The zero-order valence-corrected chi connectivity index (χ0v) is 16.9. The van der Waals surface area contributed by atoms with E-state index in [-0.39, 0.29) is 35.2 Å². The predicted molar refractivity (Wildman–Crippen MR) is 111 cm³/mol. The summed E-state index contributed by atoms with van der Waals surface area (Å²) >= 11 is 0. The molecule has 1 aromatic heterocycles. The summed E-state index contributed by atoms with van der Waals surface area (Å²) in [6.07, 6.45) is 2.05. The summed E-state index contributed by atoms with van der Waals surface area (Å²) < 4.78 is 25.3. The van der Waals surface area contributed by atoms with Gasteiger partial charge in [0.25, 0.3) is 5.91 Å². The Balaban J connectivity index is 1.60. The number of benzene rings is 2. The average molecular weight is 410 g/mol. The lowest BCUT2D eigenvalue weighted by Crippen LogP contribution is -2.29. The first kappa shape index (κ1) is 21.1. The van der Waals surface area contributed by atoms with Gasteiger partial charge in [-0.15, -0.1) is 0 Å². The molecule has 1 N–H and O–H groups in total. The van der Waals surface area contributed by atoms with E-state index < -0.39 is 0 Å². The molecular weight excluding hydrogens is 387 g/mol. The second kappa shape index (κ2) is 9.73. The van der Waals surface area contributed by atoms with E-state index in [1.807, 2.05) is 24.3 Å². The predicted octanol–water partition coefficient (Wildman–Crippen LogP) is 3.08. The van der Waals surface area contributed by atoms with Crippen LogP contribution in [0.15, 0.2) is 65.6 Å². The van der Waals surface area contributed by atoms with Crippen molar-refractivity contribution < 1.29 is 18.7 Å². The normalized spacial score (nSPS) is 10.5. The van der Waals surface area contributed by atoms with Gasteiger partial charge in [0, 0.05) is 19.7 Å². The van der Waals surface area contributed by atoms with Crippen molar-refractivity contribution >= 4 is 5.91 Å². The van der Waals surface area contributed by atoms with Crippen molar-refractivity contribution in [2.24, 2.45) is 7.05 Å². The van der Waals surface area contributed by atoms with Gasteiger partial charge in [-0.3, -0.25) is 9.59 Å². The largest absolute Gasteiger partial charge is 0.497 e. The second-order valence-electron chi connectivity index (χ2n) is 6.77. The topological polar surface area (TPSA) is 69.6 Å². The number of carbonyl (C=O) groups excluding carboxylic acids is 1. The highest BCUT2D eigenvalue weighted by molar-refractivity contribution is 5.92. The van der Waals surface area contributed by atoms with Gasteiger partial charge in [-0.25, -0.2) is 4.39 Å². The van der Waals surface area contributed by atoms with Gasteiger partial charge < -0.3 is 19.4 Å². The Hall–Kier alpha value is -3.61. The molecule has 1 heterocycles. The van der Waals surface area contributed by atoms with Crippen molar-refractivity contribution in [3.63, 3.8) is 0 Å². The van der Waals surface area contributed by atoms with Crippen molar-refractivity contribution in [1.29, 1.82) is 0 Å². The van der Waals surface area contributed by atoms with Crippen LogP contribution in [0.2, 0.25) is 0 Å². The van der Waals surface area contributed by atoms with Gasteiger partial charge >= 0.3 is 0 Å². The number of amides is 1. The van der Waals surface area contributed by atoms with Crippen molar-refractivity contribution in [2.45, 2.75) is 13.0 Å². The van der Waals surface area contributed by atoms with Crippen LogP contribution in [-0.4, -0.2) is 24.1 Å². The summed E-state index contributed by atoms with van der Waals surface area (Å²) in [5, 5.41) is 2.77. The van der Waals surface area contributed by atoms with Crippen LogP contribution in [-0.2, 0) is 20.1 Å². The molecule has 30 heavy (non-hydrogen) atoms. The van der Waals surface area contributed by atoms with E-state index in [2.05, 4.69) is 5.32 Å². The number of rotatable bonds is 8. The van der Waals surface area contributed by atoms with Crippen molar-refractivity contribution in [1.82, 2.24) is 9.88 Å². The number of hydrogen-bond acceptors (Lipinski definition) is 4. The second-order valence-corrected chi connectivity index (χ2v) is 6.77. The minimum Gasteiger partial charge on any atom is -0.497 e. The lowest BCUT2D eigenvalue weighted by Gasteiger charge is -2.12. The molecule has 6 nitrogen and oxygen atoms in total. The zero-order chi connectivity index (χ0) is 21.5. The monoisotopic (exact) mass is 410 g/mol. The fourth-order valence-corrected chi connectivity index (χ4v) is 2.93. The number of halogens is 1. The number of hydrogen-bond donors (Lipinski definition) is 1. The molecule has 0 aliphatic carbocycles. The highest BCUT2D eigenvalue weighted by Crippen LogP contribution is 2.15. The third kappa shape index (κ3) is 5.47. The van der Waals surface area contributed by atoms with Gasteiger partial charge in [-0.1, -0.05) is 24.3 Å². The molecule has 0 fully saturated rings. The molecule has 2 aromatic carbocycles. The van der Waals surface area contributed by atoms with E-state index >= 15 is 0 Å². The van der Waals surface area contributed by atoms with Gasteiger partial charge in [0.05, 0.1) is 13.3 Å². The van der Waals surface area contributed by atoms with Gasteiger partial charge in [-0.2, -0.15) is 0 Å². The number of aryl methyl sites for hydroxylation is 1. The molecule has 0 saturated heterocycles. The number of nitrogens with one attached hydrogen (secondary N) is 1. The summed E-state index contributed by atoms with van der Waals surface area (Å²) in [5.41, 5.74) is 1.62. The SMILES string of the molecule is COc1cccc(COc2cn(C)c(C(=O)NCCc3ccc(F)cc3)cc2=O)c1. The maximum Gasteiger partial charge on any atom is 0.268 e. The van der Waals surface area contributed by atoms with Crippen LogP contribution >= 0.6 is 0 Å². The van der Waals surface area contributed by atoms with E-state index in [1.54, 1.807) is 30.9 Å². The fourth-order valence-electron chi connectivity index (χ4n) is 2.93. The lowest BCUT2D eigenvalue weighted by atomic mass is 10.1. The minimum atomic E-state index is -0.375. The Morgan fingerprint density at radius 1 is 1.10 bits per heavy atom. The van der Waals surface area contributed by atoms with Crippen LogP contribution in [0, 0.1) is 5.82 Å². The summed E-state index contributed by atoms with van der Waals surface area (Å²) in [4.78, 5) is 24.8. The molecule has 0 bridgehead atoms. The number of methoxy groups -OCH3 is 1. The number of ether oxygens (including phenoxy) is 2. The maximum absolute atomic E-state index is 12.9. The quantitative estimate of drug-likeness (QED) is 0.620. The fraction of sp³-hybridized carbons (Fsp3) is 0.217. The average Bonchev–Trinajstić information content (AvgIpc) is 2.75. The summed E-state index contributed by atoms with van der Waals surface area (Å²) in [6.45, 7) is 0.572. The first-order valence-corrected chi connectivity index (χ1v) is 9.45. The van der Waals surface area contributed by atoms with Gasteiger partial charge in [-0.05, 0) is 41.8 Å². The van der Waals surface area contributed by atoms with Crippen LogP contribution in [0.25, 0.3) is 0 Å². The number of aromatic nitrogens is 1. The standard InChI is InChI=1S/C23H23FN2O4/c1-26-14-22(30-15-17-4-3-5-19(12-17)29-2)21(27)13-20(26)23(28)25-11-10-16-6-8-18(24)9-7-16/h3-9,12-14H,10-11,15H2,1-2H3,(H,25,28). The molecule has 0 unspecified atom stereocenters. The maximum atomic E-state index is 12.9. The third-order valence-corrected chi connectivity index (χ3v) is 4.58. The van der Waals surface area contributed by atoms with Gasteiger partial charge in [0.1, 0.15) is 23.9 Å². The summed E-state index contributed by atoms with van der Waals surface area (Å²) in [6, 6.07) is 14.7. The van der Waals surface area contributed by atoms with Gasteiger partial charge in [0.15, 0.2) is 5.75 Å². The molecule has 1 amide bonds. The Kier molecular flexibility index (Phi) is 6.85. The van der Waals surface area contributed by atoms with Crippen molar-refractivity contribution in [3.8, 4) is 11.5 Å².